The van der Waals surface area contributed by atoms with Crippen LogP contribution in [0.2, 0.25) is 0 Å². The summed E-state index contributed by atoms with van der Waals surface area (Å²) in [5.41, 5.74) is 0.623. The Balaban J connectivity index is 1.49. The second-order valence-corrected chi connectivity index (χ2v) is 9.26. The molecule has 1 saturated heterocycles. The van der Waals surface area contributed by atoms with Crippen LogP contribution in [0.25, 0.3) is 10.7 Å². The minimum atomic E-state index is -4.44. The van der Waals surface area contributed by atoms with Crippen molar-refractivity contribution in [2.24, 2.45) is 10.9 Å². The van der Waals surface area contributed by atoms with Gasteiger partial charge in [-0.2, -0.15) is 13.2 Å². The Morgan fingerprint density at radius 3 is 2.88 bits per heavy atom. The minimum absolute atomic E-state index is 0.00993. The van der Waals surface area contributed by atoms with Crippen molar-refractivity contribution >= 4 is 17.2 Å². The molecule has 0 aromatic carbocycles. The van der Waals surface area contributed by atoms with E-state index in [1.165, 1.54) is 17.4 Å². The van der Waals surface area contributed by atoms with Gasteiger partial charge in [-0.15, -0.1) is 17.9 Å². The van der Waals surface area contributed by atoms with Gasteiger partial charge in [0.25, 0.3) is 0 Å². The van der Waals surface area contributed by atoms with Crippen molar-refractivity contribution in [2.45, 2.75) is 50.7 Å². The van der Waals surface area contributed by atoms with Gasteiger partial charge in [0.05, 0.1) is 11.4 Å². The molecule has 176 valence electrons. The molecule has 33 heavy (non-hydrogen) atoms. The lowest BCUT2D eigenvalue weighted by molar-refractivity contribution is -0.0930. The van der Waals surface area contributed by atoms with E-state index in [1.807, 2.05) is 16.3 Å². The number of nitrogens with zero attached hydrogens (tertiary/aromatic N) is 4. The van der Waals surface area contributed by atoms with Crippen LogP contribution >= 0.6 is 11.3 Å². The molecule has 2 aromatic rings. The number of hydrogen-bond acceptors (Lipinski definition) is 6. The van der Waals surface area contributed by atoms with Crippen LogP contribution in [0, 0.1) is 5.92 Å². The Hall–Kier alpha value is -2.56. The number of likely N-dealkylation sites (tertiary alicyclic amines) is 1. The van der Waals surface area contributed by atoms with Crippen molar-refractivity contribution in [2.75, 3.05) is 6.54 Å². The lowest BCUT2D eigenvalue weighted by Crippen LogP contribution is -2.50. The Bertz CT molecular complexity index is 1040. The van der Waals surface area contributed by atoms with Gasteiger partial charge in [0, 0.05) is 48.2 Å². The van der Waals surface area contributed by atoms with Crippen LogP contribution in [0.15, 0.2) is 59.3 Å². The zero-order chi connectivity index (χ0) is 23.6. The first-order valence-electron chi connectivity index (χ1n) is 10.7. The van der Waals surface area contributed by atoms with Crippen LogP contribution in [0.5, 0.6) is 0 Å². The zero-order valence-electron chi connectivity index (χ0n) is 18.2. The molecule has 0 amide bonds. The van der Waals surface area contributed by atoms with Crippen LogP contribution in [0.1, 0.15) is 38.0 Å². The van der Waals surface area contributed by atoms with Crippen molar-refractivity contribution in [1.82, 2.24) is 20.2 Å². The van der Waals surface area contributed by atoms with Gasteiger partial charge in [0.15, 0.2) is 0 Å². The first-order valence-corrected chi connectivity index (χ1v) is 11.6. The van der Waals surface area contributed by atoms with Crippen LogP contribution in [0.3, 0.4) is 0 Å². The molecule has 1 aliphatic carbocycles. The third kappa shape index (κ3) is 5.18. The van der Waals surface area contributed by atoms with E-state index in [4.69, 9.17) is 0 Å². The van der Waals surface area contributed by atoms with E-state index in [1.54, 1.807) is 25.4 Å². The average Bonchev–Trinajstić information content (AvgIpc) is 3.52. The van der Waals surface area contributed by atoms with E-state index in [2.05, 4.69) is 26.9 Å². The molecule has 4 atom stereocenters. The summed E-state index contributed by atoms with van der Waals surface area (Å²) >= 11 is 1.46. The number of nitrogens with one attached hydrogen (secondary N) is 1. The fraction of sp³-hybridized carbons (Fsp3) is 0.435. The number of aromatic nitrogens is 2. The fourth-order valence-corrected chi connectivity index (χ4v) is 5.36. The molecule has 2 bridgehead atoms. The van der Waals surface area contributed by atoms with Gasteiger partial charge in [-0.1, -0.05) is 12.1 Å². The highest BCUT2D eigenvalue weighted by molar-refractivity contribution is 7.13. The standard InChI is InChI=1S/C23H26F3N5OS/c1-3-5-16(23(24,25)26)12-29-14(2)30-18-10-15-11-19(18)31(13-15)22(32)17-6-4-7-27-20(17)21-28-8-9-33-21/h3-4,6-9,12,15,18-19,22,32H,1,5,10-11,13H2,2H3,(H,29,30)/b16-12+. The molecule has 2 fully saturated rings. The number of allylic oxidation sites excluding steroid dienone is 2. The topological polar surface area (TPSA) is 73.6 Å². The number of amidine groups is 1. The molecule has 1 saturated carbocycles. The quantitative estimate of drug-likeness (QED) is 0.344. The zero-order valence-corrected chi connectivity index (χ0v) is 19.0. The predicted molar refractivity (Wildman–Crippen MR) is 123 cm³/mol. The molecule has 1 aliphatic heterocycles. The van der Waals surface area contributed by atoms with E-state index in [0.717, 1.165) is 30.6 Å². The van der Waals surface area contributed by atoms with Gasteiger partial charge < -0.3 is 10.4 Å². The molecule has 6 nitrogen and oxygen atoms in total. The number of aliphatic hydroxyl groups is 1. The van der Waals surface area contributed by atoms with Crippen LogP contribution in [0.4, 0.5) is 13.2 Å². The SMILES string of the molecule is C=CC/C(=C\N=C(/C)NC1CC2CC1N(C(O)c1cccnc1-c1nccs1)C2)C(F)(F)F. The molecule has 0 radical (unpaired) electrons. The Kier molecular flexibility index (Phi) is 6.96. The first kappa shape index (κ1) is 23.6. The highest BCUT2D eigenvalue weighted by Gasteiger charge is 2.47. The summed E-state index contributed by atoms with van der Waals surface area (Å²) in [6.45, 7) is 5.79. The van der Waals surface area contributed by atoms with Crippen molar-refractivity contribution in [1.29, 1.82) is 0 Å². The highest BCUT2D eigenvalue weighted by atomic mass is 32.1. The number of aliphatic imine (C=N–C) groups is 1. The number of hydrogen-bond donors (Lipinski definition) is 2. The second kappa shape index (κ2) is 9.74. The van der Waals surface area contributed by atoms with Gasteiger partial charge in [0.2, 0.25) is 0 Å². The number of piperidine rings is 1. The lowest BCUT2D eigenvalue weighted by Gasteiger charge is -2.37. The largest absolute Gasteiger partial charge is 0.414 e. The summed E-state index contributed by atoms with van der Waals surface area (Å²) in [5.74, 6) is 0.814. The van der Waals surface area contributed by atoms with Gasteiger partial charge >= 0.3 is 6.18 Å². The fourth-order valence-electron chi connectivity index (χ4n) is 4.70. The smallest absolute Gasteiger partial charge is 0.374 e. The van der Waals surface area contributed by atoms with Gasteiger partial charge in [-0.05, 0) is 38.2 Å². The van der Waals surface area contributed by atoms with Gasteiger partial charge in [-0.25, -0.2) is 9.98 Å². The van der Waals surface area contributed by atoms with Crippen molar-refractivity contribution < 1.29 is 18.3 Å². The Morgan fingerprint density at radius 2 is 2.21 bits per heavy atom. The minimum Gasteiger partial charge on any atom is -0.374 e. The summed E-state index contributed by atoms with van der Waals surface area (Å²) in [6.07, 6.45) is 1.68. The number of thiazole rings is 1. The summed E-state index contributed by atoms with van der Waals surface area (Å²) in [7, 11) is 0. The van der Waals surface area contributed by atoms with Crippen molar-refractivity contribution in [3.05, 3.63) is 59.9 Å². The molecule has 2 N–H and O–H groups in total. The maximum atomic E-state index is 13.1. The van der Waals surface area contributed by atoms with Crippen LogP contribution in [-0.4, -0.2) is 50.6 Å². The number of halogens is 3. The average molecular weight is 478 g/mol. The number of aliphatic hydroxyl groups excluding tert-OH is 1. The maximum Gasteiger partial charge on any atom is 0.414 e. The number of pyridine rings is 1. The molecule has 0 spiro atoms. The van der Waals surface area contributed by atoms with E-state index < -0.39 is 18.0 Å². The molecular formula is C23H26F3N5OS. The van der Waals surface area contributed by atoms with E-state index in [-0.39, 0.29) is 18.5 Å². The molecule has 4 unspecified atom stereocenters. The molecule has 3 heterocycles. The van der Waals surface area contributed by atoms with Gasteiger partial charge in [-0.3, -0.25) is 9.88 Å². The summed E-state index contributed by atoms with van der Waals surface area (Å²) in [6, 6.07) is 3.69. The van der Waals surface area contributed by atoms with E-state index in [0.29, 0.717) is 23.0 Å². The lowest BCUT2D eigenvalue weighted by atomic mass is 10.0. The maximum absolute atomic E-state index is 13.1. The van der Waals surface area contributed by atoms with E-state index in [9.17, 15) is 18.3 Å². The number of fused-ring (bicyclic) bond motifs is 2. The normalized spacial score (nSPS) is 24.8. The molecule has 2 aliphatic rings. The third-order valence-electron chi connectivity index (χ3n) is 6.12. The second-order valence-electron chi connectivity index (χ2n) is 8.36. The molecule has 2 aromatic heterocycles. The summed E-state index contributed by atoms with van der Waals surface area (Å²) in [5, 5.41) is 17.1. The van der Waals surface area contributed by atoms with Crippen LogP contribution < -0.4 is 5.32 Å². The summed E-state index contributed by atoms with van der Waals surface area (Å²) in [4.78, 5) is 14.8. The number of rotatable bonds is 7. The predicted octanol–water partition coefficient (Wildman–Crippen LogP) is 4.69. The first-order chi connectivity index (χ1) is 15.8. The monoisotopic (exact) mass is 477 g/mol. The van der Waals surface area contributed by atoms with Gasteiger partial charge in [0.1, 0.15) is 16.9 Å². The molecular weight excluding hydrogens is 451 g/mol. The third-order valence-corrected chi connectivity index (χ3v) is 6.90. The number of alkyl halides is 3. The van der Waals surface area contributed by atoms with E-state index >= 15 is 0 Å². The van der Waals surface area contributed by atoms with Crippen molar-refractivity contribution in [3.63, 3.8) is 0 Å². The molecule has 10 heteroatoms. The van der Waals surface area contributed by atoms with Crippen molar-refractivity contribution in [3.8, 4) is 10.7 Å². The molecule has 4 rings (SSSR count). The Labute approximate surface area is 194 Å². The Morgan fingerprint density at radius 1 is 1.39 bits per heavy atom. The summed E-state index contributed by atoms with van der Waals surface area (Å²) < 4.78 is 39.2. The van der Waals surface area contributed by atoms with Crippen LogP contribution in [-0.2, 0) is 0 Å². The highest BCUT2D eigenvalue weighted by Crippen LogP contribution is 2.43.